The summed E-state index contributed by atoms with van der Waals surface area (Å²) >= 11 is 6.46. The Morgan fingerprint density at radius 2 is 1.84 bits per heavy atom. The van der Waals surface area contributed by atoms with E-state index in [0.717, 1.165) is 12.0 Å². The quantitative estimate of drug-likeness (QED) is 0.653. The minimum atomic E-state index is -3.56. The van der Waals surface area contributed by atoms with Crippen LogP contribution in [0, 0.1) is 5.92 Å². The smallest absolute Gasteiger partial charge is 0.336 e. The molecule has 5 rings (SSSR count). The number of carboxylic acids is 1. The van der Waals surface area contributed by atoms with Gasteiger partial charge < -0.3 is 15.2 Å². The molecule has 3 atom stereocenters. The maximum absolute atomic E-state index is 12.9. The van der Waals surface area contributed by atoms with E-state index >= 15 is 0 Å². The molecule has 2 heterocycles. The van der Waals surface area contributed by atoms with Gasteiger partial charge in [-0.2, -0.15) is 4.31 Å². The van der Waals surface area contributed by atoms with Crippen molar-refractivity contribution in [2.75, 3.05) is 31.6 Å². The van der Waals surface area contributed by atoms with Gasteiger partial charge in [0, 0.05) is 19.0 Å². The second-order valence-electron chi connectivity index (χ2n) is 8.25. The fraction of sp³-hybridized carbons (Fsp3) is 0.348. The van der Waals surface area contributed by atoms with Gasteiger partial charge in [-0.3, -0.25) is 0 Å². The van der Waals surface area contributed by atoms with Gasteiger partial charge in [0.15, 0.2) is 0 Å². The summed E-state index contributed by atoms with van der Waals surface area (Å²) in [4.78, 5) is 12.1. The molecule has 0 radical (unpaired) electrons. The van der Waals surface area contributed by atoms with E-state index < -0.39 is 16.0 Å². The molecule has 32 heavy (non-hydrogen) atoms. The summed E-state index contributed by atoms with van der Waals surface area (Å²) in [5.74, 6) is -0.937. The lowest BCUT2D eigenvalue weighted by Crippen LogP contribution is -2.40. The number of nitrogens with one attached hydrogen (secondary N) is 1. The number of nitrogens with zero attached hydrogens (tertiary/aromatic N) is 1. The van der Waals surface area contributed by atoms with E-state index in [1.807, 2.05) is 12.1 Å². The van der Waals surface area contributed by atoms with Gasteiger partial charge in [-0.1, -0.05) is 35.9 Å². The number of anilines is 1. The zero-order chi connectivity index (χ0) is 22.5. The molecule has 0 saturated carbocycles. The molecule has 2 aromatic carbocycles. The van der Waals surface area contributed by atoms with E-state index in [4.69, 9.17) is 16.3 Å². The monoisotopic (exact) mass is 474 g/mol. The number of carboxylic acid groups (broad SMARTS) is 1. The number of allylic oxidation sites excluding steroid dienone is 2. The van der Waals surface area contributed by atoms with Crippen molar-refractivity contribution in [2.24, 2.45) is 5.92 Å². The molecule has 2 N–H and O–H groups in total. The summed E-state index contributed by atoms with van der Waals surface area (Å²) in [5, 5.41) is 13.6. The highest BCUT2D eigenvalue weighted by Crippen LogP contribution is 2.52. The van der Waals surface area contributed by atoms with E-state index in [1.165, 1.54) is 4.31 Å². The summed E-state index contributed by atoms with van der Waals surface area (Å²) in [5.41, 5.74) is 2.54. The highest BCUT2D eigenvalue weighted by molar-refractivity contribution is 7.89. The van der Waals surface area contributed by atoms with Crippen molar-refractivity contribution in [3.8, 4) is 0 Å². The van der Waals surface area contributed by atoms with E-state index in [2.05, 4.69) is 17.5 Å². The molecule has 2 aromatic rings. The van der Waals surface area contributed by atoms with Gasteiger partial charge in [0.05, 0.1) is 40.4 Å². The van der Waals surface area contributed by atoms with Crippen LogP contribution in [0.1, 0.15) is 39.9 Å². The second-order valence-corrected chi connectivity index (χ2v) is 10.6. The molecule has 3 aliphatic rings. The SMILES string of the molecule is O=C(O)c1ccc(Cl)c2c1C1C=CCC1C(c1ccc(S(=O)(=O)N3CCOCC3)cc1)N2. The summed E-state index contributed by atoms with van der Waals surface area (Å²) in [6.45, 7) is 1.51. The van der Waals surface area contributed by atoms with E-state index in [0.29, 0.717) is 42.6 Å². The summed E-state index contributed by atoms with van der Waals surface area (Å²) in [6, 6.07) is 9.99. The van der Waals surface area contributed by atoms with Crippen molar-refractivity contribution < 1.29 is 23.1 Å². The maximum Gasteiger partial charge on any atom is 0.336 e. The Balaban J connectivity index is 1.49. The lowest BCUT2D eigenvalue weighted by molar-refractivity contribution is 0.0695. The molecule has 7 nitrogen and oxygen atoms in total. The molecule has 0 spiro atoms. The fourth-order valence-corrected chi connectivity index (χ4v) is 6.60. The van der Waals surface area contributed by atoms with Crippen LogP contribution < -0.4 is 5.32 Å². The number of benzene rings is 2. The Labute approximate surface area is 191 Å². The lowest BCUT2D eigenvalue weighted by atomic mass is 9.75. The Bertz CT molecular complexity index is 1190. The van der Waals surface area contributed by atoms with Gasteiger partial charge in [0.25, 0.3) is 0 Å². The predicted molar refractivity (Wildman–Crippen MR) is 121 cm³/mol. The summed E-state index contributed by atoms with van der Waals surface area (Å²) < 4.78 is 32.6. The first-order chi connectivity index (χ1) is 15.4. The van der Waals surface area contributed by atoms with E-state index in [1.54, 1.807) is 24.3 Å². The number of morpholine rings is 1. The number of aromatic carboxylic acids is 1. The molecule has 168 valence electrons. The van der Waals surface area contributed by atoms with Crippen molar-refractivity contribution in [2.45, 2.75) is 23.3 Å². The standard InChI is InChI=1S/C23H23ClN2O5S/c24-19-9-8-18(23(27)28)20-16-2-1-3-17(16)21(25-22(19)20)14-4-6-15(7-5-14)32(29,30)26-10-12-31-13-11-26/h1-2,4-9,16-17,21,25H,3,10-13H2,(H,27,28). The Morgan fingerprint density at radius 3 is 2.53 bits per heavy atom. The van der Waals surface area contributed by atoms with Crippen LogP contribution in [0.4, 0.5) is 5.69 Å². The van der Waals surface area contributed by atoms with Crippen LogP contribution in [0.5, 0.6) is 0 Å². The average molecular weight is 475 g/mol. The van der Waals surface area contributed by atoms with Gasteiger partial charge in [-0.25, -0.2) is 13.2 Å². The molecular formula is C23H23ClN2O5S. The zero-order valence-electron chi connectivity index (χ0n) is 17.2. The predicted octanol–water partition coefficient (Wildman–Crippen LogP) is 3.89. The van der Waals surface area contributed by atoms with Gasteiger partial charge in [-0.15, -0.1) is 0 Å². The van der Waals surface area contributed by atoms with Crippen molar-refractivity contribution in [3.63, 3.8) is 0 Å². The van der Waals surface area contributed by atoms with Crippen LogP contribution in [0.25, 0.3) is 0 Å². The topological polar surface area (TPSA) is 95.9 Å². The number of hydrogen-bond donors (Lipinski definition) is 2. The average Bonchev–Trinajstić information content (AvgIpc) is 3.29. The van der Waals surface area contributed by atoms with Gasteiger partial charge in [-0.05, 0) is 47.7 Å². The highest BCUT2D eigenvalue weighted by Gasteiger charge is 2.41. The maximum atomic E-state index is 12.9. The molecule has 1 saturated heterocycles. The fourth-order valence-electron chi connectivity index (χ4n) is 4.97. The first-order valence-electron chi connectivity index (χ1n) is 10.5. The van der Waals surface area contributed by atoms with E-state index in [-0.39, 0.29) is 28.3 Å². The molecule has 0 bridgehead atoms. The number of halogens is 1. The number of carbonyl (C=O) groups is 1. The first-order valence-corrected chi connectivity index (χ1v) is 12.4. The van der Waals surface area contributed by atoms with Crippen molar-refractivity contribution in [3.05, 3.63) is 70.3 Å². The third-order valence-corrected chi connectivity index (χ3v) is 8.77. The molecule has 0 amide bonds. The van der Waals surface area contributed by atoms with Crippen LogP contribution in [-0.4, -0.2) is 50.1 Å². The molecule has 2 aliphatic heterocycles. The molecule has 9 heteroatoms. The summed E-state index contributed by atoms with van der Waals surface area (Å²) in [6.07, 6.45) is 4.92. The van der Waals surface area contributed by atoms with Crippen LogP contribution in [0.3, 0.4) is 0 Å². The van der Waals surface area contributed by atoms with Crippen LogP contribution in [0.15, 0.2) is 53.4 Å². The molecule has 0 aromatic heterocycles. The largest absolute Gasteiger partial charge is 0.478 e. The Kier molecular flexibility index (Phi) is 5.49. The van der Waals surface area contributed by atoms with Crippen LogP contribution in [-0.2, 0) is 14.8 Å². The molecule has 3 unspecified atom stereocenters. The minimum absolute atomic E-state index is 0.0715. The Hall–Kier alpha value is -2.39. The summed E-state index contributed by atoms with van der Waals surface area (Å²) in [7, 11) is -3.56. The number of hydrogen-bond acceptors (Lipinski definition) is 5. The van der Waals surface area contributed by atoms with Crippen LogP contribution in [0.2, 0.25) is 5.02 Å². The number of rotatable bonds is 4. The Morgan fingerprint density at radius 1 is 1.12 bits per heavy atom. The molecular weight excluding hydrogens is 452 g/mol. The highest BCUT2D eigenvalue weighted by atomic mass is 35.5. The minimum Gasteiger partial charge on any atom is -0.478 e. The first kappa shape index (κ1) is 21.5. The number of sulfonamides is 1. The normalized spacial score (nSPS) is 25.1. The third kappa shape index (κ3) is 3.51. The molecule has 1 fully saturated rings. The lowest BCUT2D eigenvalue weighted by Gasteiger charge is -2.38. The van der Waals surface area contributed by atoms with E-state index in [9.17, 15) is 18.3 Å². The number of ether oxygens (including phenoxy) is 1. The zero-order valence-corrected chi connectivity index (χ0v) is 18.8. The third-order valence-electron chi connectivity index (χ3n) is 6.55. The van der Waals surface area contributed by atoms with Crippen molar-refractivity contribution in [1.82, 2.24) is 4.31 Å². The van der Waals surface area contributed by atoms with Crippen molar-refractivity contribution in [1.29, 1.82) is 0 Å². The van der Waals surface area contributed by atoms with Gasteiger partial charge in [0.1, 0.15) is 0 Å². The van der Waals surface area contributed by atoms with Gasteiger partial charge >= 0.3 is 5.97 Å². The van der Waals surface area contributed by atoms with Crippen molar-refractivity contribution >= 4 is 33.3 Å². The second kappa shape index (κ2) is 8.19. The molecule has 1 aliphatic carbocycles. The number of fused-ring (bicyclic) bond motifs is 3. The van der Waals surface area contributed by atoms with Crippen LogP contribution >= 0.6 is 11.6 Å². The van der Waals surface area contributed by atoms with Gasteiger partial charge in [0.2, 0.25) is 10.0 Å².